The Hall–Kier alpha value is -2.34. The number of aromatic hydroxyl groups is 1. The van der Waals surface area contributed by atoms with Crippen LogP contribution in [0.5, 0.6) is 5.75 Å². The van der Waals surface area contributed by atoms with Gasteiger partial charge in [0.15, 0.2) is 5.58 Å². The van der Waals surface area contributed by atoms with Gasteiger partial charge < -0.3 is 14.8 Å². The number of amides is 1. The molecule has 3 aromatic rings. The number of unbranched alkanes of at least 4 members (excludes halogenated alkanes) is 1. The standard InChI is InChI=1S/C18H17BrN2O3/c1-2-3-4-17(23)20-12-6-8-16-14(10-12)21-18(24-16)11-5-7-15(22)13(19)9-11/h5-10,22H,2-4H2,1H3,(H,20,23). The SMILES string of the molecule is CCCCC(=O)Nc1ccc2oc(-c3ccc(O)c(Br)c3)nc2c1. The summed E-state index contributed by atoms with van der Waals surface area (Å²) in [5.74, 6) is 0.620. The van der Waals surface area contributed by atoms with Crippen LogP contribution < -0.4 is 5.32 Å². The molecule has 0 aliphatic rings. The van der Waals surface area contributed by atoms with E-state index in [1.54, 1.807) is 36.4 Å². The zero-order valence-electron chi connectivity index (χ0n) is 13.2. The number of nitrogens with zero attached hydrogens (tertiary/aromatic N) is 1. The maximum atomic E-state index is 11.8. The van der Waals surface area contributed by atoms with E-state index in [0.717, 1.165) is 18.4 Å². The fraction of sp³-hybridized carbons (Fsp3) is 0.222. The van der Waals surface area contributed by atoms with Crippen LogP contribution in [0.3, 0.4) is 0 Å². The number of anilines is 1. The number of oxazole rings is 1. The summed E-state index contributed by atoms with van der Waals surface area (Å²) in [6, 6.07) is 10.4. The molecule has 124 valence electrons. The number of nitrogens with one attached hydrogen (secondary N) is 1. The number of carbonyl (C=O) groups excluding carboxylic acids is 1. The van der Waals surface area contributed by atoms with Gasteiger partial charge in [-0.15, -0.1) is 0 Å². The molecule has 24 heavy (non-hydrogen) atoms. The average molecular weight is 389 g/mol. The maximum absolute atomic E-state index is 11.8. The molecule has 1 aromatic heterocycles. The van der Waals surface area contributed by atoms with Crippen LogP contribution in [0.1, 0.15) is 26.2 Å². The van der Waals surface area contributed by atoms with Crippen LogP contribution >= 0.6 is 15.9 Å². The lowest BCUT2D eigenvalue weighted by molar-refractivity contribution is -0.116. The van der Waals surface area contributed by atoms with Gasteiger partial charge in [-0.05, 0) is 58.7 Å². The van der Waals surface area contributed by atoms with Crippen molar-refractivity contribution in [1.82, 2.24) is 4.98 Å². The van der Waals surface area contributed by atoms with E-state index in [-0.39, 0.29) is 11.7 Å². The fourth-order valence-corrected chi connectivity index (χ4v) is 2.71. The van der Waals surface area contributed by atoms with Crippen LogP contribution in [0, 0.1) is 0 Å². The second-order valence-corrected chi connectivity index (χ2v) is 6.37. The molecule has 6 heteroatoms. The van der Waals surface area contributed by atoms with Gasteiger partial charge >= 0.3 is 0 Å². The summed E-state index contributed by atoms with van der Waals surface area (Å²) in [6.07, 6.45) is 2.37. The predicted octanol–water partition coefficient (Wildman–Crippen LogP) is 5.09. The first-order chi connectivity index (χ1) is 11.6. The van der Waals surface area contributed by atoms with Gasteiger partial charge in [-0.25, -0.2) is 4.98 Å². The summed E-state index contributed by atoms with van der Waals surface area (Å²) in [4.78, 5) is 16.3. The molecule has 0 aliphatic carbocycles. The van der Waals surface area contributed by atoms with E-state index in [9.17, 15) is 9.90 Å². The Bertz CT molecular complexity index is 889. The first-order valence-electron chi connectivity index (χ1n) is 7.76. The second kappa shape index (κ2) is 7.05. The van der Waals surface area contributed by atoms with Gasteiger partial charge in [0.05, 0.1) is 4.47 Å². The molecule has 0 bridgehead atoms. The van der Waals surface area contributed by atoms with Crippen LogP contribution in [-0.4, -0.2) is 16.0 Å². The smallest absolute Gasteiger partial charge is 0.227 e. The number of carbonyl (C=O) groups is 1. The van der Waals surface area contributed by atoms with Crippen molar-refractivity contribution >= 4 is 38.6 Å². The van der Waals surface area contributed by atoms with Gasteiger partial charge in [0.2, 0.25) is 11.8 Å². The zero-order chi connectivity index (χ0) is 17.1. The van der Waals surface area contributed by atoms with Crippen molar-refractivity contribution in [2.24, 2.45) is 0 Å². The van der Waals surface area contributed by atoms with Gasteiger partial charge in [0.1, 0.15) is 11.3 Å². The molecule has 0 saturated heterocycles. The molecule has 2 N–H and O–H groups in total. The number of phenolic OH excluding ortho intramolecular Hbond substituents is 1. The van der Waals surface area contributed by atoms with Crippen molar-refractivity contribution < 1.29 is 14.3 Å². The minimum atomic E-state index is 0.00221. The van der Waals surface area contributed by atoms with Gasteiger partial charge in [-0.2, -0.15) is 0 Å². The molecule has 0 unspecified atom stereocenters. The first kappa shape index (κ1) is 16.5. The van der Waals surface area contributed by atoms with E-state index < -0.39 is 0 Å². The molecule has 0 radical (unpaired) electrons. The van der Waals surface area contributed by atoms with E-state index in [1.807, 2.05) is 0 Å². The number of phenols is 1. The highest BCUT2D eigenvalue weighted by Crippen LogP contribution is 2.31. The number of halogens is 1. The van der Waals surface area contributed by atoms with Crippen LogP contribution in [0.2, 0.25) is 0 Å². The van der Waals surface area contributed by atoms with Crippen LogP contribution in [0.4, 0.5) is 5.69 Å². The van der Waals surface area contributed by atoms with Crippen molar-refractivity contribution in [1.29, 1.82) is 0 Å². The van der Waals surface area contributed by atoms with Crippen LogP contribution in [-0.2, 0) is 4.79 Å². The van der Waals surface area contributed by atoms with Crippen molar-refractivity contribution in [3.05, 3.63) is 40.9 Å². The third kappa shape index (κ3) is 3.59. The van der Waals surface area contributed by atoms with E-state index >= 15 is 0 Å². The monoisotopic (exact) mass is 388 g/mol. The highest BCUT2D eigenvalue weighted by Gasteiger charge is 2.11. The summed E-state index contributed by atoms with van der Waals surface area (Å²) in [5.41, 5.74) is 2.77. The predicted molar refractivity (Wildman–Crippen MR) is 97.0 cm³/mol. The molecule has 5 nitrogen and oxygen atoms in total. The van der Waals surface area contributed by atoms with E-state index in [1.165, 1.54) is 0 Å². The summed E-state index contributed by atoms with van der Waals surface area (Å²) < 4.78 is 6.32. The minimum absolute atomic E-state index is 0.00221. The molecule has 0 atom stereocenters. The summed E-state index contributed by atoms with van der Waals surface area (Å²) in [6.45, 7) is 2.05. The zero-order valence-corrected chi connectivity index (χ0v) is 14.8. The maximum Gasteiger partial charge on any atom is 0.227 e. The third-order valence-electron chi connectivity index (χ3n) is 3.62. The molecule has 0 spiro atoms. The topological polar surface area (TPSA) is 75.4 Å². The molecule has 1 amide bonds. The van der Waals surface area contributed by atoms with E-state index in [0.29, 0.717) is 33.6 Å². The Balaban J connectivity index is 1.86. The number of fused-ring (bicyclic) bond motifs is 1. The summed E-state index contributed by atoms with van der Waals surface area (Å²) in [7, 11) is 0. The third-order valence-corrected chi connectivity index (χ3v) is 4.26. The number of benzene rings is 2. The Kier molecular flexibility index (Phi) is 4.85. The largest absolute Gasteiger partial charge is 0.507 e. The van der Waals surface area contributed by atoms with E-state index in [2.05, 4.69) is 33.2 Å². The molecule has 2 aromatic carbocycles. The fourth-order valence-electron chi connectivity index (χ4n) is 2.33. The molecular weight excluding hydrogens is 372 g/mol. The lowest BCUT2D eigenvalue weighted by Crippen LogP contribution is -2.10. The lowest BCUT2D eigenvalue weighted by atomic mass is 10.2. The summed E-state index contributed by atoms with van der Waals surface area (Å²) >= 11 is 3.28. The molecule has 0 saturated carbocycles. The normalized spacial score (nSPS) is 10.9. The molecule has 0 fully saturated rings. The van der Waals surface area contributed by atoms with Crippen molar-refractivity contribution in [3.63, 3.8) is 0 Å². The number of rotatable bonds is 5. The Morgan fingerprint density at radius 2 is 2.12 bits per heavy atom. The summed E-state index contributed by atoms with van der Waals surface area (Å²) in [5, 5.41) is 12.4. The van der Waals surface area contributed by atoms with Gasteiger partial charge in [-0.3, -0.25) is 4.79 Å². The van der Waals surface area contributed by atoms with Crippen LogP contribution in [0.15, 0.2) is 45.3 Å². The lowest BCUT2D eigenvalue weighted by Gasteiger charge is -2.03. The van der Waals surface area contributed by atoms with Gasteiger partial charge in [-0.1, -0.05) is 13.3 Å². The van der Waals surface area contributed by atoms with Crippen molar-refractivity contribution in [3.8, 4) is 17.2 Å². The Morgan fingerprint density at radius 1 is 1.29 bits per heavy atom. The number of hydrogen-bond donors (Lipinski definition) is 2. The van der Waals surface area contributed by atoms with Crippen LogP contribution in [0.25, 0.3) is 22.6 Å². The highest BCUT2D eigenvalue weighted by atomic mass is 79.9. The quantitative estimate of drug-likeness (QED) is 0.637. The molecular formula is C18H17BrN2O3. The van der Waals surface area contributed by atoms with Crippen molar-refractivity contribution in [2.45, 2.75) is 26.2 Å². The molecule has 3 rings (SSSR count). The average Bonchev–Trinajstić information content (AvgIpc) is 2.98. The second-order valence-electron chi connectivity index (χ2n) is 5.52. The number of hydrogen-bond acceptors (Lipinski definition) is 4. The Labute approximate surface area is 147 Å². The van der Waals surface area contributed by atoms with Crippen molar-refractivity contribution in [2.75, 3.05) is 5.32 Å². The molecule has 1 heterocycles. The Morgan fingerprint density at radius 3 is 2.88 bits per heavy atom. The van der Waals surface area contributed by atoms with Gasteiger partial charge in [0.25, 0.3) is 0 Å². The minimum Gasteiger partial charge on any atom is -0.507 e. The first-order valence-corrected chi connectivity index (χ1v) is 8.55. The van der Waals surface area contributed by atoms with E-state index in [4.69, 9.17) is 4.42 Å². The highest BCUT2D eigenvalue weighted by molar-refractivity contribution is 9.10. The van der Waals surface area contributed by atoms with Gasteiger partial charge in [0, 0.05) is 17.7 Å². The molecule has 0 aliphatic heterocycles. The number of aromatic nitrogens is 1.